The van der Waals surface area contributed by atoms with Crippen molar-refractivity contribution < 1.29 is 4.39 Å². The number of allylic oxidation sites excluding steroid dienone is 4. The highest BCUT2D eigenvalue weighted by atomic mass is 19.1. The highest BCUT2D eigenvalue weighted by Crippen LogP contribution is 2.29. The van der Waals surface area contributed by atoms with E-state index in [9.17, 15) is 4.39 Å². The second-order valence-electron chi connectivity index (χ2n) is 5.74. The number of rotatable bonds is 4. The summed E-state index contributed by atoms with van der Waals surface area (Å²) in [6, 6.07) is 8.70. The van der Waals surface area contributed by atoms with Gasteiger partial charge in [-0.25, -0.2) is 9.37 Å². The Balaban J connectivity index is 1.85. The number of nitrogens with zero attached hydrogens (tertiary/aromatic N) is 3. The van der Waals surface area contributed by atoms with Crippen LogP contribution in [-0.4, -0.2) is 9.55 Å². The number of halogens is 1. The van der Waals surface area contributed by atoms with Gasteiger partial charge in [0, 0.05) is 36.0 Å². The van der Waals surface area contributed by atoms with Crippen LogP contribution < -0.4 is 0 Å². The number of hydrogen-bond acceptors (Lipinski definition) is 2. The molecule has 0 spiro atoms. The number of nitriles is 1. The molecule has 0 amide bonds. The first-order chi connectivity index (χ1) is 11.2. The first-order valence-electron chi connectivity index (χ1n) is 7.78. The van der Waals surface area contributed by atoms with Crippen LogP contribution in [0.2, 0.25) is 0 Å². The van der Waals surface area contributed by atoms with Crippen molar-refractivity contribution in [2.24, 2.45) is 11.8 Å². The topological polar surface area (TPSA) is 41.6 Å². The van der Waals surface area contributed by atoms with Crippen LogP contribution in [0.5, 0.6) is 0 Å². The van der Waals surface area contributed by atoms with Crippen molar-refractivity contribution in [1.29, 1.82) is 5.26 Å². The zero-order chi connectivity index (χ0) is 16.2. The molecule has 2 unspecified atom stereocenters. The summed E-state index contributed by atoms with van der Waals surface area (Å²) in [5, 5.41) is 9.05. The van der Waals surface area contributed by atoms with Crippen molar-refractivity contribution in [2.75, 3.05) is 0 Å². The first kappa shape index (κ1) is 15.2. The molecule has 0 radical (unpaired) electrons. The normalized spacial score (nSPS) is 20.1. The lowest BCUT2D eigenvalue weighted by Gasteiger charge is -2.25. The van der Waals surface area contributed by atoms with Crippen LogP contribution in [0.3, 0.4) is 0 Å². The maximum atomic E-state index is 13.5. The Kier molecular flexibility index (Phi) is 4.38. The van der Waals surface area contributed by atoms with E-state index in [1.54, 1.807) is 12.3 Å². The van der Waals surface area contributed by atoms with E-state index in [0.717, 1.165) is 29.9 Å². The molecule has 2 aromatic rings. The molecular weight excluding hydrogens is 289 g/mol. The highest BCUT2D eigenvalue weighted by Gasteiger charge is 2.21. The standard InChI is InChI=1S/C19H18FN3/c1-2-15-10-14(12-21)6-7-17(15)13-23-9-8-22-19(23)16-4-3-5-18(20)11-16/h3-11,15,17H,2,13H2,1H3. The van der Waals surface area contributed by atoms with Crippen LogP contribution in [0.15, 0.2) is 60.5 Å². The molecule has 1 heterocycles. The molecule has 23 heavy (non-hydrogen) atoms. The van der Waals surface area contributed by atoms with E-state index in [1.165, 1.54) is 12.1 Å². The summed E-state index contributed by atoms with van der Waals surface area (Å²) in [6.45, 7) is 2.89. The maximum Gasteiger partial charge on any atom is 0.140 e. The van der Waals surface area contributed by atoms with Gasteiger partial charge in [0.05, 0.1) is 6.07 Å². The third kappa shape index (κ3) is 3.24. The van der Waals surface area contributed by atoms with E-state index >= 15 is 0 Å². The summed E-state index contributed by atoms with van der Waals surface area (Å²) in [6.07, 6.45) is 10.7. The molecule has 0 saturated heterocycles. The van der Waals surface area contributed by atoms with E-state index in [0.29, 0.717) is 11.8 Å². The molecule has 116 valence electrons. The van der Waals surface area contributed by atoms with Gasteiger partial charge < -0.3 is 4.57 Å². The molecule has 0 bridgehead atoms. The lowest BCUT2D eigenvalue weighted by molar-refractivity contribution is 0.401. The van der Waals surface area contributed by atoms with Crippen LogP contribution in [0.4, 0.5) is 4.39 Å². The minimum absolute atomic E-state index is 0.261. The maximum absolute atomic E-state index is 13.5. The molecule has 0 saturated carbocycles. The molecule has 1 aliphatic carbocycles. The van der Waals surface area contributed by atoms with E-state index in [2.05, 4.69) is 28.6 Å². The van der Waals surface area contributed by atoms with Crippen molar-refractivity contribution in [3.8, 4) is 17.5 Å². The Hall–Kier alpha value is -2.67. The summed E-state index contributed by atoms with van der Waals surface area (Å²) in [7, 11) is 0. The van der Waals surface area contributed by atoms with Gasteiger partial charge in [0.2, 0.25) is 0 Å². The van der Waals surface area contributed by atoms with Crippen molar-refractivity contribution >= 4 is 0 Å². The van der Waals surface area contributed by atoms with Crippen LogP contribution in [0, 0.1) is 29.0 Å². The molecule has 3 nitrogen and oxygen atoms in total. The van der Waals surface area contributed by atoms with Gasteiger partial charge in [-0.1, -0.05) is 31.2 Å². The fourth-order valence-corrected chi connectivity index (χ4v) is 3.04. The Morgan fingerprint density at radius 2 is 2.22 bits per heavy atom. The van der Waals surface area contributed by atoms with Gasteiger partial charge >= 0.3 is 0 Å². The molecule has 2 atom stereocenters. The molecule has 0 fully saturated rings. The molecule has 3 rings (SSSR count). The molecule has 1 aromatic carbocycles. The number of benzene rings is 1. The molecular formula is C19H18FN3. The zero-order valence-electron chi connectivity index (χ0n) is 13.0. The lowest BCUT2D eigenvalue weighted by Crippen LogP contribution is -2.19. The highest BCUT2D eigenvalue weighted by molar-refractivity contribution is 5.55. The van der Waals surface area contributed by atoms with E-state index in [4.69, 9.17) is 5.26 Å². The molecule has 1 aliphatic rings. The van der Waals surface area contributed by atoms with Gasteiger partial charge in [-0.3, -0.25) is 0 Å². The zero-order valence-corrected chi connectivity index (χ0v) is 13.0. The number of imidazole rings is 1. The van der Waals surface area contributed by atoms with Crippen LogP contribution >= 0.6 is 0 Å². The molecule has 1 aromatic heterocycles. The Bertz CT molecular complexity index is 795. The lowest BCUT2D eigenvalue weighted by atomic mass is 9.84. The SMILES string of the molecule is CCC1C=C(C#N)C=CC1Cn1ccnc1-c1cccc(F)c1. The third-order valence-electron chi connectivity index (χ3n) is 4.27. The minimum Gasteiger partial charge on any atom is -0.330 e. The van der Waals surface area contributed by atoms with E-state index in [1.807, 2.05) is 24.4 Å². The Morgan fingerprint density at radius 1 is 1.35 bits per heavy atom. The smallest absolute Gasteiger partial charge is 0.140 e. The summed E-state index contributed by atoms with van der Waals surface area (Å²) >= 11 is 0. The largest absolute Gasteiger partial charge is 0.330 e. The van der Waals surface area contributed by atoms with Crippen LogP contribution in [0.1, 0.15) is 13.3 Å². The average Bonchev–Trinajstić information content (AvgIpc) is 3.03. The summed E-state index contributed by atoms with van der Waals surface area (Å²) in [5.74, 6) is 1.14. The van der Waals surface area contributed by atoms with Crippen molar-refractivity contribution in [1.82, 2.24) is 9.55 Å². The van der Waals surface area contributed by atoms with Crippen LogP contribution in [0.25, 0.3) is 11.4 Å². The van der Waals surface area contributed by atoms with Gasteiger partial charge in [0.25, 0.3) is 0 Å². The van der Waals surface area contributed by atoms with Crippen LogP contribution in [-0.2, 0) is 6.54 Å². The summed E-state index contributed by atoms with van der Waals surface area (Å²) in [5.41, 5.74) is 1.50. The molecule has 0 N–H and O–H groups in total. The van der Waals surface area contributed by atoms with E-state index in [-0.39, 0.29) is 5.82 Å². The monoisotopic (exact) mass is 307 g/mol. The molecule has 4 heteroatoms. The second kappa shape index (κ2) is 6.62. The van der Waals surface area contributed by atoms with E-state index < -0.39 is 0 Å². The number of hydrogen-bond donors (Lipinski definition) is 0. The van der Waals surface area contributed by atoms with Crippen molar-refractivity contribution in [3.63, 3.8) is 0 Å². The van der Waals surface area contributed by atoms with Crippen molar-refractivity contribution in [3.05, 3.63) is 66.3 Å². The third-order valence-corrected chi connectivity index (χ3v) is 4.27. The van der Waals surface area contributed by atoms with Gasteiger partial charge in [-0.05, 0) is 30.5 Å². The van der Waals surface area contributed by atoms with Gasteiger partial charge in [0.15, 0.2) is 0 Å². The predicted octanol–water partition coefficient (Wildman–Crippen LogP) is 4.35. The summed E-state index contributed by atoms with van der Waals surface area (Å²) < 4.78 is 15.5. The Morgan fingerprint density at radius 3 is 2.96 bits per heavy atom. The fourth-order valence-electron chi connectivity index (χ4n) is 3.04. The number of aromatic nitrogens is 2. The van der Waals surface area contributed by atoms with Gasteiger partial charge in [-0.15, -0.1) is 0 Å². The second-order valence-corrected chi connectivity index (χ2v) is 5.74. The average molecular weight is 307 g/mol. The predicted molar refractivity (Wildman–Crippen MR) is 87.7 cm³/mol. The minimum atomic E-state index is -0.261. The summed E-state index contributed by atoms with van der Waals surface area (Å²) in [4.78, 5) is 4.38. The van der Waals surface area contributed by atoms with Gasteiger partial charge in [0.1, 0.15) is 11.6 Å². The molecule has 0 aliphatic heterocycles. The first-order valence-corrected chi connectivity index (χ1v) is 7.78. The Labute approximate surface area is 135 Å². The quantitative estimate of drug-likeness (QED) is 0.842. The van der Waals surface area contributed by atoms with Crippen molar-refractivity contribution in [2.45, 2.75) is 19.9 Å². The van der Waals surface area contributed by atoms with Gasteiger partial charge in [-0.2, -0.15) is 5.26 Å². The fraction of sp³-hybridized carbons (Fsp3) is 0.263.